The molecule has 0 bridgehead atoms. The zero-order valence-electron chi connectivity index (χ0n) is 18.7. The van der Waals surface area contributed by atoms with Crippen molar-refractivity contribution >= 4 is 27.6 Å². The Morgan fingerprint density at radius 1 is 0.853 bits per heavy atom. The summed E-state index contributed by atoms with van der Waals surface area (Å²) >= 11 is 0. The van der Waals surface area contributed by atoms with Crippen LogP contribution in [0.1, 0.15) is 13.8 Å². The van der Waals surface area contributed by atoms with Gasteiger partial charge in [-0.2, -0.15) is 5.10 Å². The number of aromatic nitrogens is 7. The molecule has 0 radical (unpaired) electrons. The lowest BCUT2D eigenvalue weighted by Gasteiger charge is -2.10. The minimum Gasteiger partial charge on any atom is -0.382 e. The number of fused-ring (bicyclic) bond motifs is 2. The Morgan fingerprint density at radius 2 is 1.74 bits per heavy atom. The van der Waals surface area contributed by atoms with Crippen LogP contribution in [0.5, 0.6) is 0 Å². The van der Waals surface area contributed by atoms with E-state index in [-0.39, 0.29) is 0 Å². The SMILES string of the molecule is CC(C)Nc1cncc(-c2ccc3[nH]nc(-c4cc5c(-c6cccnc6)cncc5[nH]4)c3n2)c1. The van der Waals surface area contributed by atoms with E-state index < -0.39 is 0 Å². The molecule has 0 unspecified atom stereocenters. The van der Waals surface area contributed by atoms with Crippen LogP contribution in [-0.2, 0) is 0 Å². The summed E-state index contributed by atoms with van der Waals surface area (Å²) in [6.07, 6.45) is 10.9. The molecule has 0 aliphatic carbocycles. The normalized spacial score (nSPS) is 11.5. The highest BCUT2D eigenvalue weighted by molar-refractivity contribution is 5.99. The van der Waals surface area contributed by atoms with Crippen LogP contribution in [0.2, 0.25) is 0 Å². The number of rotatable bonds is 5. The van der Waals surface area contributed by atoms with Crippen molar-refractivity contribution in [3.05, 3.63) is 73.6 Å². The first-order valence-electron chi connectivity index (χ1n) is 11.1. The minimum atomic E-state index is 0.320. The van der Waals surface area contributed by atoms with Gasteiger partial charge in [-0.3, -0.25) is 20.1 Å². The van der Waals surface area contributed by atoms with E-state index >= 15 is 0 Å². The summed E-state index contributed by atoms with van der Waals surface area (Å²) in [5, 5.41) is 12.1. The fraction of sp³-hybridized carbons (Fsp3) is 0.115. The maximum atomic E-state index is 4.95. The van der Waals surface area contributed by atoms with Crippen LogP contribution in [0.25, 0.3) is 55.7 Å². The van der Waals surface area contributed by atoms with E-state index in [4.69, 9.17) is 4.98 Å². The minimum absolute atomic E-state index is 0.320. The zero-order chi connectivity index (χ0) is 23.1. The first-order valence-corrected chi connectivity index (χ1v) is 11.1. The largest absolute Gasteiger partial charge is 0.382 e. The summed E-state index contributed by atoms with van der Waals surface area (Å²) < 4.78 is 0. The predicted octanol–water partition coefficient (Wildman–Crippen LogP) is 5.45. The summed E-state index contributed by atoms with van der Waals surface area (Å²) in [6.45, 7) is 4.20. The quantitative estimate of drug-likeness (QED) is 0.325. The molecule has 0 aromatic carbocycles. The van der Waals surface area contributed by atoms with Crippen LogP contribution < -0.4 is 5.32 Å². The number of hydrogen-bond donors (Lipinski definition) is 3. The Morgan fingerprint density at radius 3 is 2.59 bits per heavy atom. The smallest absolute Gasteiger partial charge is 0.135 e. The van der Waals surface area contributed by atoms with E-state index in [1.54, 1.807) is 6.20 Å². The Bertz CT molecular complexity index is 1610. The van der Waals surface area contributed by atoms with E-state index in [0.29, 0.717) is 6.04 Å². The monoisotopic (exact) mass is 446 g/mol. The van der Waals surface area contributed by atoms with Crippen molar-refractivity contribution in [2.24, 2.45) is 0 Å². The van der Waals surface area contributed by atoms with Gasteiger partial charge in [-0.25, -0.2) is 4.98 Å². The molecule has 8 heteroatoms. The van der Waals surface area contributed by atoms with Crippen molar-refractivity contribution in [1.29, 1.82) is 0 Å². The molecular formula is C26H22N8. The van der Waals surface area contributed by atoms with Crippen LogP contribution in [0.4, 0.5) is 5.69 Å². The van der Waals surface area contributed by atoms with Crippen LogP contribution in [0, 0.1) is 0 Å². The third-order valence-electron chi connectivity index (χ3n) is 5.67. The number of hydrogen-bond acceptors (Lipinski definition) is 6. The fourth-order valence-electron chi connectivity index (χ4n) is 4.17. The molecule has 0 saturated carbocycles. The van der Waals surface area contributed by atoms with E-state index in [1.807, 2.05) is 55.2 Å². The van der Waals surface area contributed by atoms with Crippen molar-refractivity contribution in [2.75, 3.05) is 5.32 Å². The molecule has 0 spiro atoms. The average Bonchev–Trinajstić information content (AvgIpc) is 3.48. The predicted molar refractivity (Wildman–Crippen MR) is 134 cm³/mol. The summed E-state index contributed by atoms with van der Waals surface area (Å²) in [7, 11) is 0. The first kappa shape index (κ1) is 20.0. The molecule has 3 N–H and O–H groups in total. The second kappa shape index (κ2) is 8.08. The van der Waals surface area contributed by atoms with Gasteiger partial charge in [-0.1, -0.05) is 6.07 Å². The second-order valence-electron chi connectivity index (χ2n) is 8.50. The number of pyridine rings is 4. The van der Waals surface area contributed by atoms with Gasteiger partial charge in [0.2, 0.25) is 0 Å². The molecule has 166 valence electrons. The van der Waals surface area contributed by atoms with Crippen LogP contribution in [0.3, 0.4) is 0 Å². The number of nitrogens with one attached hydrogen (secondary N) is 3. The lowest BCUT2D eigenvalue weighted by molar-refractivity contribution is 0.898. The van der Waals surface area contributed by atoms with Gasteiger partial charge >= 0.3 is 0 Å². The third-order valence-corrected chi connectivity index (χ3v) is 5.67. The molecular weight excluding hydrogens is 424 g/mol. The van der Waals surface area contributed by atoms with Gasteiger partial charge in [0.1, 0.15) is 11.2 Å². The Labute approximate surface area is 195 Å². The van der Waals surface area contributed by atoms with Crippen molar-refractivity contribution in [1.82, 2.24) is 35.1 Å². The molecule has 34 heavy (non-hydrogen) atoms. The standard InChI is InChI=1S/C26H22N8/c1-15(2)30-18-8-17(11-28-12-18)21-5-6-22-25(32-21)26(34-33-22)23-9-19-20(13-29-14-24(19)31-23)16-4-3-7-27-10-16/h3-15,30-31H,1-2H3,(H,33,34). The molecule has 0 fully saturated rings. The van der Waals surface area contributed by atoms with Crippen LogP contribution in [-0.4, -0.2) is 41.2 Å². The lowest BCUT2D eigenvalue weighted by atomic mass is 10.1. The van der Waals surface area contributed by atoms with E-state index in [9.17, 15) is 0 Å². The lowest BCUT2D eigenvalue weighted by Crippen LogP contribution is -2.09. The van der Waals surface area contributed by atoms with Gasteiger partial charge in [0.05, 0.1) is 34.3 Å². The summed E-state index contributed by atoms with van der Waals surface area (Å²) in [5.74, 6) is 0. The van der Waals surface area contributed by atoms with Crippen molar-refractivity contribution in [3.63, 3.8) is 0 Å². The molecule has 6 aromatic rings. The molecule has 8 nitrogen and oxygen atoms in total. The maximum absolute atomic E-state index is 4.95. The number of H-pyrrole nitrogens is 2. The van der Waals surface area contributed by atoms with E-state index in [1.165, 1.54) is 0 Å². The zero-order valence-corrected chi connectivity index (χ0v) is 18.7. The first-order chi connectivity index (χ1) is 16.7. The Kier molecular flexibility index (Phi) is 4.76. The highest BCUT2D eigenvalue weighted by Crippen LogP contribution is 2.33. The molecule has 0 aliphatic rings. The molecule has 6 aromatic heterocycles. The van der Waals surface area contributed by atoms with Crippen molar-refractivity contribution < 1.29 is 0 Å². The number of nitrogens with zero attached hydrogens (tertiary/aromatic N) is 5. The Hall–Kier alpha value is -4.59. The molecule has 0 aliphatic heterocycles. The molecule has 0 amide bonds. The molecule has 6 heterocycles. The highest BCUT2D eigenvalue weighted by Gasteiger charge is 2.16. The van der Waals surface area contributed by atoms with Crippen molar-refractivity contribution in [2.45, 2.75) is 19.9 Å². The maximum Gasteiger partial charge on any atom is 0.135 e. The second-order valence-corrected chi connectivity index (χ2v) is 8.50. The topological polar surface area (TPSA) is 108 Å². The highest BCUT2D eigenvalue weighted by atomic mass is 15.1. The third kappa shape index (κ3) is 3.55. The van der Waals surface area contributed by atoms with E-state index in [0.717, 1.165) is 61.4 Å². The van der Waals surface area contributed by atoms with Gasteiger partial charge in [0.25, 0.3) is 0 Å². The number of anilines is 1. The van der Waals surface area contributed by atoms with Gasteiger partial charge in [-0.15, -0.1) is 0 Å². The van der Waals surface area contributed by atoms with Crippen molar-refractivity contribution in [3.8, 4) is 33.8 Å². The molecule has 6 rings (SSSR count). The van der Waals surface area contributed by atoms with Gasteiger partial charge < -0.3 is 10.3 Å². The molecule has 0 atom stereocenters. The summed E-state index contributed by atoms with van der Waals surface area (Å²) in [4.78, 5) is 21.5. The molecule has 0 saturated heterocycles. The summed E-state index contributed by atoms with van der Waals surface area (Å²) in [6, 6.07) is 12.4. The average molecular weight is 447 g/mol. The van der Waals surface area contributed by atoms with Crippen LogP contribution >= 0.6 is 0 Å². The Balaban J connectivity index is 1.45. The van der Waals surface area contributed by atoms with Crippen LogP contribution in [0.15, 0.2) is 73.6 Å². The number of aromatic amines is 2. The summed E-state index contributed by atoms with van der Waals surface area (Å²) in [5.41, 5.74) is 9.00. The van der Waals surface area contributed by atoms with E-state index in [2.05, 4.69) is 61.4 Å². The van der Waals surface area contributed by atoms with Gasteiger partial charge in [0.15, 0.2) is 0 Å². The fourth-order valence-corrected chi connectivity index (χ4v) is 4.17. The van der Waals surface area contributed by atoms with Gasteiger partial charge in [0, 0.05) is 59.1 Å². The van der Waals surface area contributed by atoms with Gasteiger partial charge in [-0.05, 0) is 44.2 Å².